The predicted octanol–water partition coefficient (Wildman–Crippen LogP) is 4.10. The highest BCUT2D eigenvalue weighted by Gasteiger charge is 2.26. The molecule has 1 aromatic rings. The highest BCUT2D eigenvalue weighted by Crippen LogP contribution is 2.38. The summed E-state index contributed by atoms with van der Waals surface area (Å²) in [7, 11) is 2.08. The largest absolute Gasteiger partial charge is 0.493 e. The zero-order chi connectivity index (χ0) is 13.7. The molecule has 0 fully saturated rings. The van der Waals surface area contributed by atoms with Crippen LogP contribution >= 0.6 is 0 Å². The van der Waals surface area contributed by atoms with E-state index >= 15 is 0 Å². The lowest BCUT2D eigenvalue weighted by atomic mass is 9.86. The first-order chi connectivity index (χ1) is 9.31. The minimum Gasteiger partial charge on any atom is -0.493 e. The third-order valence-electron chi connectivity index (χ3n) is 4.32. The maximum atomic E-state index is 5.87. The van der Waals surface area contributed by atoms with E-state index in [0.29, 0.717) is 12.0 Å². The van der Waals surface area contributed by atoms with Crippen LogP contribution in [0.5, 0.6) is 5.75 Å². The summed E-state index contributed by atoms with van der Waals surface area (Å²) in [6.07, 6.45) is 6.16. The second-order valence-corrected chi connectivity index (χ2v) is 5.51. The number of hydrogen-bond acceptors (Lipinski definition) is 2. The standard InChI is InChI=1S/C17H27NO/c1-4-6-8-13(5-2)16(18-3)15-10-7-9-14-11-12-19-17(14)15/h7,9-10,13,16,18H,4-6,8,11-12H2,1-3H3. The van der Waals surface area contributed by atoms with Gasteiger partial charge >= 0.3 is 0 Å². The molecule has 0 amide bonds. The summed E-state index contributed by atoms with van der Waals surface area (Å²) in [5.74, 6) is 1.84. The summed E-state index contributed by atoms with van der Waals surface area (Å²) < 4.78 is 5.87. The highest BCUT2D eigenvalue weighted by molar-refractivity contribution is 5.45. The summed E-state index contributed by atoms with van der Waals surface area (Å²) in [6.45, 7) is 5.41. The van der Waals surface area contributed by atoms with Gasteiger partial charge in [-0.25, -0.2) is 0 Å². The molecule has 19 heavy (non-hydrogen) atoms. The van der Waals surface area contributed by atoms with Crippen LogP contribution in [-0.4, -0.2) is 13.7 Å². The first kappa shape index (κ1) is 14.4. The molecule has 0 aliphatic carbocycles. The third-order valence-corrected chi connectivity index (χ3v) is 4.32. The zero-order valence-corrected chi connectivity index (χ0v) is 12.5. The maximum Gasteiger partial charge on any atom is 0.127 e. The average Bonchev–Trinajstić information content (AvgIpc) is 2.92. The summed E-state index contributed by atoms with van der Waals surface area (Å²) in [5, 5.41) is 3.53. The molecule has 1 aromatic carbocycles. The number of para-hydroxylation sites is 1. The quantitative estimate of drug-likeness (QED) is 0.798. The number of benzene rings is 1. The van der Waals surface area contributed by atoms with Crippen molar-refractivity contribution in [1.29, 1.82) is 0 Å². The van der Waals surface area contributed by atoms with Crippen molar-refractivity contribution in [2.24, 2.45) is 5.92 Å². The first-order valence-corrected chi connectivity index (χ1v) is 7.73. The van der Waals surface area contributed by atoms with Crippen LogP contribution < -0.4 is 10.1 Å². The van der Waals surface area contributed by atoms with Crippen LogP contribution in [0, 0.1) is 5.92 Å². The van der Waals surface area contributed by atoms with Crippen LogP contribution in [0.2, 0.25) is 0 Å². The molecule has 2 unspecified atom stereocenters. The Labute approximate surface area is 117 Å². The summed E-state index contributed by atoms with van der Waals surface area (Å²) in [5.41, 5.74) is 2.74. The van der Waals surface area contributed by atoms with Crippen LogP contribution in [0.15, 0.2) is 18.2 Å². The van der Waals surface area contributed by atoms with Crippen molar-refractivity contribution in [2.45, 2.75) is 52.0 Å². The van der Waals surface area contributed by atoms with Gasteiger partial charge in [0, 0.05) is 18.0 Å². The normalized spacial score (nSPS) is 16.8. The molecule has 0 bridgehead atoms. The Morgan fingerprint density at radius 1 is 1.32 bits per heavy atom. The summed E-state index contributed by atoms with van der Waals surface area (Å²) in [4.78, 5) is 0. The van der Waals surface area contributed by atoms with Crippen LogP contribution in [0.25, 0.3) is 0 Å². The van der Waals surface area contributed by atoms with Gasteiger partial charge in [-0.3, -0.25) is 0 Å². The van der Waals surface area contributed by atoms with Gasteiger partial charge in [0.1, 0.15) is 5.75 Å². The zero-order valence-electron chi connectivity index (χ0n) is 12.5. The Hall–Kier alpha value is -1.02. The molecule has 0 spiro atoms. The Morgan fingerprint density at radius 3 is 2.84 bits per heavy atom. The van der Waals surface area contributed by atoms with E-state index in [1.54, 1.807) is 0 Å². The minimum absolute atomic E-state index is 0.421. The molecule has 2 rings (SSSR count). The van der Waals surface area contributed by atoms with E-state index in [-0.39, 0.29) is 0 Å². The van der Waals surface area contributed by atoms with Gasteiger partial charge in [-0.2, -0.15) is 0 Å². The molecule has 1 heterocycles. The van der Waals surface area contributed by atoms with Gasteiger partial charge in [-0.05, 0) is 24.9 Å². The van der Waals surface area contributed by atoms with E-state index in [4.69, 9.17) is 4.74 Å². The van der Waals surface area contributed by atoms with E-state index in [9.17, 15) is 0 Å². The number of unbranched alkanes of at least 4 members (excludes halogenated alkanes) is 1. The lowest BCUT2D eigenvalue weighted by Gasteiger charge is -2.27. The van der Waals surface area contributed by atoms with E-state index in [0.717, 1.165) is 18.8 Å². The van der Waals surface area contributed by atoms with E-state index in [1.165, 1.54) is 36.8 Å². The van der Waals surface area contributed by atoms with Crippen molar-refractivity contribution in [2.75, 3.05) is 13.7 Å². The van der Waals surface area contributed by atoms with Crippen LogP contribution in [0.4, 0.5) is 0 Å². The Balaban J connectivity index is 2.23. The molecule has 0 radical (unpaired) electrons. The molecule has 0 saturated heterocycles. The molecule has 0 saturated carbocycles. The van der Waals surface area contributed by atoms with Crippen LogP contribution in [0.1, 0.15) is 56.7 Å². The van der Waals surface area contributed by atoms with E-state index in [2.05, 4.69) is 44.4 Å². The number of fused-ring (bicyclic) bond motifs is 1. The van der Waals surface area contributed by atoms with Crippen molar-refractivity contribution in [3.63, 3.8) is 0 Å². The van der Waals surface area contributed by atoms with Crippen molar-refractivity contribution < 1.29 is 4.74 Å². The topological polar surface area (TPSA) is 21.3 Å². The lowest BCUT2D eigenvalue weighted by Crippen LogP contribution is -2.25. The van der Waals surface area contributed by atoms with E-state index < -0.39 is 0 Å². The van der Waals surface area contributed by atoms with Crippen molar-refractivity contribution in [3.05, 3.63) is 29.3 Å². The van der Waals surface area contributed by atoms with Crippen molar-refractivity contribution in [3.8, 4) is 5.75 Å². The average molecular weight is 261 g/mol. The van der Waals surface area contributed by atoms with Gasteiger partial charge in [-0.15, -0.1) is 0 Å². The fourth-order valence-corrected chi connectivity index (χ4v) is 3.20. The molecule has 2 heteroatoms. The first-order valence-electron chi connectivity index (χ1n) is 7.73. The summed E-state index contributed by atoms with van der Waals surface area (Å²) in [6, 6.07) is 7.04. The van der Waals surface area contributed by atoms with Gasteiger partial charge in [0.25, 0.3) is 0 Å². The number of ether oxygens (including phenoxy) is 1. The molecule has 1 aliphatic rings. The fraction of sp³-hybridized carbons (Fsp3) is 0.647. The van der Waals surface area contributed by atoms with Crippen LogP contribution in [0.3, 0.4) is 0 Å². The minimum atomic E-state index is 0.421. The number of rotatable bonds is 7. The fourth-order valence-electron chi connectivity index (χ4n) is 3.20. The van der Waals surface area contributed by atoms with Gasteiger partial charge in [0.15, 0.2) is 0 Å². The third kappa shape index (κ3) is 3.11. The van der Waals surface area contributed by atoms with Gasteiger partial charge in [0.2, 0.25) is 0 Å². The van der Waals surface area contributed by atoms with Crippen LogP contribution in [-0.2, 0) is 6.42 Å². The lowest BCUT2D eigenvalue weighted by molar-refractivity contribution is 0.314. The Kier molecular flexibility index (Phi) is 5.26. The molecule has 2 nitrogen and oxygen atoms in total. The molecule has 0 aromatic heterocycles. The monoisotopic (exact) mass is 261 g/mol. The smallest absolute Gasteiger partial charge is 0.127 e. The SMILES string of the molecule is CCCCC(CC)C(NC)c1cccc2c1OCC2. The number of nitrogens with one attached hydrogen (secondary N) is 1. The van der Waals surface area contributed by atoms with Crippen molar-refractivity contribution in [1.82, 2.24) is 5.32 Å². The Morgan fingerprint density at radius 2 is 2.16 bits per heavy atom. The molecule has 2 atom stereocenters. The molecule has 1 aliphatic heterocycles. The summed E-state index contributed by atoms with van der Waals surface area (Å²) >= 11 is 0. The van der Waals surface area contributed by atoms with Gasteiger partial charge in [-0.1, -0.05) is 51.3 Å². The second kappa shape index (κ2) is 6.95. The predicted molar refractivity (Wildman–Crippen MR) is 80.7 cm³/mol. The van der Waals surface area contributed by atoms with E-state index in [1.807, 2.05) is 0 Å². The Bertz CT molecular complexity index is 402. The molecule has 1 N–H and O–H groups in total. The van der Waals surface area contributed by atoms with Gasteiger partial charge < -0.3 is 10.1 Å². The molecule has 106 valence electrons. The molecular weight excluding hydrogens is 234 g/mol. The maximum absolute atomic E-state index is 5.87. The number of hydrogen-bond donors (Lipinski definition) is 1. The second-order valence-electron chi connectivity index (χ2n) is 5.51. The van der Waals surface area contributed by atoms with Gasteiger partial charge in [0.05, 0.1) is 6.61 Å². The molecular formula is C17H27NO. The highest BCUT2D eigenvalue weighted by atomic mass is 16.5. The van der Waals surface area contributed by atoms with Crippen molar-refractivity contribution >= 4 is 0 Å².